The van der Waals surface area contributed by atoms with Gasteiger partial charge in [0.25, 0.3) is 10.0 Å². The molecule has 29 heavy (non-hydrogen) atoms. The second kappa shape index (κ2) is 8.31. The van der Waals surface area contributed by atoms with Crippen LogP contribution in [0.3, 0.4) is 0 Å². The fourth-order valence-corrected chi connectivity index (χ4v) is 7.03. The lowest BCUT2D eigenvalue weighted by molar-refractivity contribution is -0.120. The van der Waals surface area contributed by atoms with Gasteiger partial charge in [0.05, 0.1) is 10.8 Å². The molecular formula is C19H20N4O3S3. The average Bonchev–Trinajstić information content (AvgIpc) is 3.38. The summed E-state index contributed by atoms with van der Waals surface area (Å²) in [6, 6.07) is 7.20. The summed E-state index contributed by atoms with van der Waals surface area (Å²) in [6.45, 7) is 2.50. The van der Waals surface area contributed by atoms with Crippen molar-refractivity contribution in [1.82, 2.24) is 14.3 Å². The largest absolute Gasteiger partial charge is 0.302 e. The van der Waals surface area contributed by atoms with Crippen LogP contribution in [-0.4, -0.2) is 41.7 Å². The summed E-state index contributed by atoms with van der Waals surface area (Å²) >= 11 is 2.64. The highest BCUT2D eigenvalue weighted by Crippen LogP contribution is 2.31. The zero-order chi connectivity index (χ0) is 20.4. The monoisotopic (exact) mass is 448 g/mol. The molecular weight excluding hydrogens is 428 g/mol. The number of amides is 1. The maximum atomic E-state index is 12.9. The van der Waals surface area contributed by atoms with Crippen molar-refractivity contribution in [2.45, 2.75) is 24.0 Å². The lowest BCUT2D eigenvalue weighted by Crippen LogP contribution is -2.43. The lowest BCUT2D eigenvalue weighted by atomic mass is 9.99. The molecule has 0 aromatic carbocycles. The van der Waals surface area contributed by atoms with Gasteiger partial charge in [-0.25, -0.2) is 13.4 Å². The fourth-order valence-electron chi connectivity index (χ4n) is 3.24. The normalized spacial score (nSPS) is 17.9. The number of anilines is 1. The molecule has 3 aromatic rings. The molecule has 4 heterocycles. The van der Waals surface area contributed by atoms with Gasteiger partial charge in [0.2, 0.25) is 5.91 Å². The Morgan fingerprint density at radius 3 is 2.72 bits per heavy atom. The maximum Gasteiger partial charge on any atom is 0.252 e. The van der Waals surface area contributed by atoms with E-state index in [1.54, 1.807) is 30.7 Å². The smallest absolute Gasteiger partial charge is 0.252 e. The van der Waals surface area contributed by atoms with E-state index in [-0.39, 0.29) is 12.5 Å². The number of carbonyl (C=O) groups is 1. The van der Waals surface area contributed by atoms with Crippen molar-refractivity contribution in [3.8, 4) is 10.4 Å². The number of nitrogens with one attached hydrogen (secondary N) is 1. The summed E-state index contributed by atoms with van der Waals surface area (Å²) in [7, 11) is -3.56. The molecule has 1 atom stereocenters. The molecule has 0 radical (unpaired) electrons. The van der Waals surface area contributed by atoms with Gasteiger partial charge >= 0.3 is 0 Å². The van der Waals surface area contributed by atoms with Crippen molar-refractivity contribution < 1.29 is 13.2 Å². The minimum absolute atomic E-state index is 0.188. The molecule has 3 aromatic heterocycles. The number of piperidine rings is 1. The Morgan fingerprint density at radius 1 is 1.21 bits per heavy atom. The highest BCUT2D eigenvalue weighted by molar-refractivity contribution is 7.91. The van der Waals surface area contributed by atoms with Gasteiger partial charge in [0.15, 0.2) is 5.13 Å². The molecule has 1 amide bonds. The van der Waals surface area contributed by atoms with Gasteiger partial charge in [-0.1, -0.05) is 11.3 Å². The minimum Gasteiger partial charge on any atom is -0.302 e. The molecule has 1 unspecified atom stereocenters. The number of carbonyl (C=O) groups excluding carboxylic acids is 1. The Labute approximate surface area is 177 Å². The Hall–Kier alpha value is -2.14. The number of thiazole rings is 1. The van der Waals surface area contributed by atoms with Crippen LogP contribution in [0.4, 0.5) is 5.13 Å². The Morgan fingerprint density at radius 2 is 2.00 bits per heavy atom. The molecule has 0 bridgehead atoms. The van der Waals surface area contributed by atoms with E-state index >= 15 is 0 Å². The van der Waals surface area contributed by atoms with E-state index in [1.807, 2.05) is 19.1 Å². The lowest BCUT2D eigenvalue weighted by Gasteiger charge is -2.30. The van der Waals surface area contributed by atoms with Crippen LogP contribution >= 0.6 is 22.7 Å². The van der Waals surface area contributed by atoms with Crippen molar-refractivity contribution in [2.75, 3.05) is 18.4 Å². The van der Waals surface area contributed by atoms with Crippen LogP contribution in [0.2, 0.25) is 0 Å². The highest BCUT2D eigenvalue weighted by atomic mass is 32.2. The number of nitrogens with zero attached hydrogens (tertiary/aromatic N) is 3. The highest BCUT2D eigenvalue weighted by Gasteiger charge is 2.34. The van der Waals surface area contributed by atoms with Gasteiger partial charge in [0.1, 0.15) is 4.21 Å². The van der Waals surface area contributed by atoms with Gasteiger partial charge in [0, 0.05) is 36.6 Å². The Balaban J connectivity index is 1.44. The standard InChI is InChI=1S/C19H20N4O3S3/c1-13-4-5-17(27-13)29(25,26)23-10-2-3-15(12-23)18(24)22-19-21-11-16(28-19)14-6-8-20-9-7-14/h4-9,11,15H,2-3,10,12H2,1H3,(H,21,22,24). The van der Waals surface area contributed by atoms with Crippen molar-refractivity contribution >= 4 is 43.7 Å². The van der Waals surface area contributed by atoms with Crippen molar-refractivity contribution in [3.05, 3.63) is 47.7 Å². The molecule has 10 heteroatoms. The van der Waals surface area contributed by atoms with Crippen LogP contribution in [0, 0.1) is 12.8 Å². The molecule has 0 aliphatic carbocycles. The number of sulfonamides is 1. The summed E-state index contributed by atoms with van der Waals surface area (Å²) in [4.78, 5) is 22.9. The Kier molecular flexibility index (Phi) is 5.77. The van der Waals surface area contributed by atoms with Crippen LogP contribution in [-0.2, 0) is 14.8 Å². The molecule has 1 saturated heterocycles. The van der Waals surface area contributed by atoms with Crippen molar-refractivity contribution in [2.24, 2.45) is 5.92 Å². The predicted octanol–water partition coefficient (Wildman–Crippen LogP) is 3.61. The fraction of sp³-hybridized carbons (Fsp3) is 0.316. The van der Waals surface area contributed by atoms with Gasteiger partial charge < -0.3 is 5.32 Å². The van der Waals surface area contributed by atoms with Gasteiger partial charge in [-0.05, 0) is 49.6 Å². The molecule has 1 N–H and O–H groups in total. The number of thiophene rings is 1. The zero-order valence-corrected chi connectivity index (χ0v) is 18.2. The first kappa shape index (κ1) is 20.1. The second-order valence-electron chi connectivity index (χ2n) is 6.82. The van der Waals surface area contributed by atoms with Crippen LogP contribution in [0.5, 0.6) is 0 Å². The van der Waals surface area contributed by atoms with E-state index in [9.17, 15) is 13.2 Å². The number of aromatic nitrogens is 2. The number of hydrogen-bond donors (Lipinski definition) is 1. The predicted molar refractivity (Wildman–Crippen MR) is 115 cm³/mol. The molecule has 1 fully saturated rings. The molecule has 1 aliphatic heterocycles. The van der Waals surface area contributed by atoms with Crippen molar-refractivity contribution in [3.63, 3.8) is 0 Å². The first-order valence-corrected chi connectivity index (χ1v) is 12.2. The summed E-state index contributed by atoms with van der Waals surface area (Å²) < 4.78 is 27.5. The van der Waals surface area contributed by atoms with Gasteiger partial charge in [-0.15, -0.1) is 11.3 Å². The van der Waals surface area contributed by atoms with Crippen LogP contribution in [0.1, 0.15) is 17.7 Å². The first-order valence-electron chi connectivity index (χ1n) is 9.17. The van der Waals surface area contributed by atoms with E-state index in [4.69, 9.17) is 0 Å². The number of rotatable bonds is 5. The third-order valence-corrected chi connectivity index (χ3v) is 9.06. The van der Waals surface area contributed by atoms with Crippen molar-refractivity contribution in [1.29, 1.82) is 0 Å². The topological polar surface area (TPSA) is 92.3 Å². The number of aryl methyl sites for hydroxylation is 1. The third-order valence-electron chi connectivity index (χ3n) is 4.77. The van der Waals surface area contributed by atoms with E-state index in [2.05, 4.69) is 15.3 Å². The molecule has 4 rings (SSSR count). The molecule has 7 nitrogen and oxygen atoms in total. The van der Waals surface area contributed by atoms with E-state index in [0.717, 1.165) is 15.3 Å². The van der Waals surface area contributed by atoms with Crippen LogP contribution in [0.25, 0.3) is 10.4 Å². The number of hydrogen-bond acceptors (Lipinski definition) is 7. The number of pyridine rings is 1. The third kappa shape index (κ3) is 4.40. The van der Waals surface area contributed by atoms with Gasteiger partial charge in [-0.2, -0.15) is 4.31 Å². The molecule has 1 aliphatic rings. The molecule has 152 valence electrons. The SMILES string of the molecule is Cc1ccc(S(=O)(=O)N2CCCC(C(=O)Nc3ncc(-c4ccncc4)s3)C2)s1. The maximum absolute atomic E-state index is 12.9. The average molecular weight is 449 g/mol. The zero-order valence-electron chi connectivity index (χ0n) is 15.7. The first-order chi connectivity index (χ1) is 13.9. The second-order valence-corrected chi connectivity index (χ2v) is 11.3. The summed E-state index contributed by atoms with van der Waals surface area (Å²) in [5.41, 5.74) is 0.985. The summed E-state index contributed by atoms with van der Waals surface area (Å²) in [5.74, 6) is -0.587. The molecule has 0 saturated carbocycles. The quantitative estimate of drug-likeness (QED) is 0.644. The van der Waals surface area contributed by atoms with E-state index in [1.165, 1.54) is 27.0 Å². The summed E-state index contributed by atoms with van der Waals surface area (Å²) in [5, 5.41) is 3.36. The van der Waals surface area contributed by atoms with Crippen LogP contribution in [0.15, 0.2) is 47.1 Å². The minimum atomic E-state index is -3.56. The van der Waals surface area contributed by atoms with Gasteiger partial charge in [-0.3, -0.25) is 9.78 Å². The summed E-state index contributed by atoms with van der Waals surface area (Å²) in [6.07, 6.45) is 6.44. The molecule has 0 spiro atoms. The van der Waals surface area contributed by atoms with E-state index < -0.39 is 15.9 Å². The Bertz CT molecular complexity index is 1110. The van der Waals surface area contributed by atoms with Crippen LogP contribution < -0.4 is 5.32 Å². The van der Waals surface area contributed by atoms with E-state index in [0.29, 0.717) is 28.7 Å².